The molecule has 1 aliphatic carbocycles. The third-order valence-electron chi connectivity index (χ3n) is 9.78. The van der Waals surface area contributed by atoms with Crippen LogP contribution >= 0.6 is 0 Å². The van der Waals surface area contributed by atoms with Gasteiger partial charge in [-0.1, -0.05) is 56.1 Å². The molecule has 5 amide bonds. The molecule has 284 valence electrons. The van der Waals surface area contributed by atoms with E-state index < -0.39 is 6.03 Å². The van der Waals surface area contributed by atoms with E-state index >= 15 is 0 Å². The Hall–Kier alpha value is -5.71. The molecule has 0 spiro atoms. The highest BCUT2D eigenvalue weighted by molar-refractivity contribution is 6.10. The molecule has 14 nitrogen and oxygen atoms in total. The Morgan fingerprint density at radius 2 is 1.83 bits per heavy atom. The standard InChI is InChI=1S/C40H49N9O5/c1-27(2)43-40(53)54-31-17-16-29(21-31)34-22-36(47-46-34)44-38(51)30-23-42-48(26-30)19-11-9-7-5-3-4-6-8-10-13-28-14-12-15-32-33(28)24-41-25-35(32)49-20-18-37(50)45-39(49)52/h12,14-15,22-27,29,31H,3-9,11,16-21H2,1-2H3,(H,43,53)(H,45,50,52)(H2,44,46,47,51)/t29-,31+/m0/s1. The number of urea groups is 1. The monoisotopic (exact) mass is 735 g/mol. The average Bonchev–Trinajstić information content (AvgIpc) is 3.92. The van der Waals surface area contributed by atoms with Crippen LogP contribution in [0.1, 0.15) is 118 Å². The van der Waals surface area contributed by atoms with Crippen molar-refractivity contribution in [3.05, 3.63) is 65.9 Å². The number of nitrogens with one attached hydrogen (secondary N) is 4. The number of carbonyl (C=O) groups is 4. The van der Waals surface area contributed by atoms with Crippen molar-refractivity contribution < 1.29 is 23.9 Å². The summed E-state index contributed by atoms with van der Waals surface area (Å²) >= 11 is 0. The summed E-state index contributed by atoms with van der Waals surface area (Å²) in [6.45, 7) is 4.87. The van der Waals surface area contributed by atoms with Gasteiger partial charge < -0.3 is 15.4 Å². The van der Waals surface area contributed by atoms with E-state index in [1.807, 2.05) is 42.8 Å². The summed E-state index contributed by atoms with van der Waals surface area (Å²) in [6.07, 6.45) is 17.5. The summed E-state index contributed by atoms with van der Waals surface area (Å²) in [5.74, 6) is 6.73. The molecule has 0 bridgehead atoms. The molecule has 0 radical (unpaired) electrons. The zero-order valence-electron chi connectivity index (χ0n) is 31.0. The lowest BCUT2D eigenvalue weighted by Gasteiger charge is -2.27. The average molecular weight is 736 g/mol. The van der Waals surface area contributed by atoms with Crippen molar-refractivity contribution >= 4 is 46.2 Å². The van der Waals surface area contributed by atoms with Gasteiger partial charge in [0.2, 0.25) is 5.91 Å². The van der Waals surface area contributed by atoms with Gasteiger partial charge in [-0.05, 0) is 52.0 Å². The molecule has 4 heterocycles. The number of anilines is 2. The first kappa shape index (κ1) is 38.0. The summed E-state index contributed by atoms with van der Waals surface area (Å²) in [5.41, 5.74) is 2.96. The van der Waals surface area contributed by atoms with Crippen molar-refractivity contribution in [2.75, 3.05) is 16.8 Å². The minimum atomic E-state index is -0.426. The molecule has 2 fully saturated rings. The Labute approximate surface area is 315 Å². The van der Waals surface area contributed by atoms with Crippen molar-refractivity contribution in [3.63, 3.8) is 0 Å². The van der Waals surface area contributed by atoms with E-state index in [4.69, 9.17) is 4.74 Å². The number of benzene rings is 1. The molecule has 4 aromatic rings. The Morgan fingerprint density at radius 1 is 1.02 bits per heavy atom. The molecule has 2 aliphatic rings. The maximum absolute atomic E-state index is 12.9. The predicted molar refractivity (Wildman–Crippen MR) is 205 cm³/mol. The minimum absolute atomic E-state index is 0.0291. The van der Waals surface area contributed by atoms with Gasteiger partial charge in [0.05, 0.1) is 23.6 Å². The summed E-state index contributed by atoms with van der Waals surface area (Å²) < 4.78 is 7.35. The Morgan fingerprint density at radius 3 is 2.65 bits per heavy atom. The number of aromatic amines is 1. The van der Waals surface area contributed by atoms with Gasteiger partial charge in [-0.2, -0.15) is 10.2 Å². The third-order valence-corrected chi connectivity index (χ3v) is 9.78. The minimum Gasteiger partial charge on any atom is -0.446 e. The van der Waals surface area contributed by atoms with E-state index in [-0.39, 0.29) is 42.4 Å². The molecule has 1 aromatic carbocycles. The normalized spacial score (nSPS) is 17.0. The second kappa shape index (κ2) is 18.4. The smallest absolute Gasteiger partial charge is 0.407 e. The number of hydrogen-bond donors (Lipinski definition) is 4. The first-order valence-electron chi connectivity index (χ1n) is 19.1. The summed E-state index contributed by atoms with van der Waals surface area (Å²) in [6, 6.07) is 7.31. The Kier molecular flexibility index (Phi) is 12.9. The lowest BCUT2D eigenvalue weighted by molar-refractivity contribution is -0.120. The number of amides is 5. The number of nitrogens with zero attached hydrogens (tertiary/aromatic N) is 5. The van der Waals surface area contributed by atoms with Crippen molar-refractivity contribution in [2.45, 2.75) is 116 Å². The quantitative estimate of drug-likeness (QED) is 0.0762. The fourth-order valence-electron chi connectivity index (χ4n) is 6.98. The number of imide groups is 1. The van der Waals surface area contributed by atoms with Crippen LogP contribution in [0.2, 0.25) is 0 Å². The number of pyridine rings is 1. The van der Waals surface area contributed by atoms with Crippen molar-refractivity contribution in [1.29, 1.82) is 0 Å². The van der Waals surface area contributed by atoms with Gasteiger partial charge in [0, 0.05) is 78.4 Å². The van der Waals surface area contributed by atoms with Gasteiger partial charge >= 0.3 is 12.1 Å². The zero-order chi connectivity index (χ0) is 37.9. The van der Waals surface area contributed by atoms with Crippen molar-refractivity contribution in [3.8, 4) is 11.8 Å². The fraction of sp³-hybridized carbons (Fsp3) is 0.475. The molecule has 0 unspecified atom stereocenters. The van der Waals surface area contributed by atoms with Gasteiger partial charge in [-0.25, -0.2) is 9.59 Å². The van der Waals surface area contributed by atoms with Crippen LogP contribution in [0.25, 0.3) is 10.8 Å². The van der Waals surface area contributed by atoms with Crippen molar-refractivity contribution in [1.82, 2.24) is 35.6 Å². The molecule has 1 aliphatic heterocycles. The number of unbranched alkanes of at least 4 members (excludes halogenated alkanes) is 7. The SMILES string of the molecule is CC(C)NC(=O)O[C@@H]1CC[C@H](c2cc(NC(=O)c3cnn(CCCCCCCCCC#Cc4cccc5c(N6CCC(=O)NC6=O)cncc45)c3)n[nH]2)C1. The van der Waals surface area contributed by atoms with E-state index in [1.54, 1.807) is 29.7 Å². The third kappa shape index (κ3) is 10.2. The van der Waals surface area contributed by atoms with Gasteiger partial charge in [0.25, 0.3) is 5.91 Å². The van der Waals surface area contributed by atoms with Crippen molar-refractivity contribution in [2.24, 2.45) is 0 Å². The highest BCUT2D eigenvalue weighted by Crippen LogP contribution is 2.36. The molecular weight excluding hydrogens is 686 g/mol. The molecule has 1 saturated carbocycles. The largest absolute Gasteiger partial charge is 0.446 e. The summed E-state index contributed by atoms with van der Waals surface area (Å²) in [5, 5.41) is 21.5. The molecule has 14 heteroatoms. The van der Waals surface area contributed by atoms with Gasteiger partial charge in [0.1, 0.15) is 6.10 Å². The van der Waals surface area contributed by atoms with Gasteiger partial charge in [0.15, 0.2) is 5.82 Å². The van der Waals surface area contributed by atoms with Crippen LogP contribution in [0.15, 0.2) is 49.1 Å². The summed E-state index contributed by atoms with van der Waals surface area (Å²) in [4.78, 5) is 54.7. The maximum Gasteiger partial charge on any atom is 0.407 e. The number of aryl methyl sites for hydroxylation is 1. The van der Waals surface area contributed by atoms with E-state index in [1.165, 1.54) is 6.42 Å². The number of carbonyl (C=O) groups excluding carboxylic acids is 4. The maximum atomic E-state index is 12.9. The van der Waals surface area contributed by atoms with Crippen LogP contribution in [0.5, 0.6) is 0 Å². The first-order chi connectivity index (χ1) is 26.2. The highest BCUT2D eigenvalue weighted by atomic mass is 16.6. The first-order valence-corrected chi connectivity index (χ1v) is 19.1. The van der Waals surface area contributed by atoms with E-state index in [2.05, 4.69) is 48.1 Å². The second-order valence-electron chi connectivity index (χ2n) is 14.3. The molecule has 2 atom stereocenters. The highest BCUT2D eigenvalue weighted by Gasteiger charge is 2.30. The van der Waals surface area contributed by atoms with Crippen LogP contribution in [0.4, 0.5) is 21.1 Å². The van der Waals surface area contributed by atoms with Crippen LogP contribution in [0, 0.1) is 11.8 Å². The topological polar surface area (TPSA) is 176 Å². The Bertz CT molecular complexity index is 2010. The lowest BCUT2D eigenvalue weighted by atomic mass is 10.0. The van der Waals surface area contributed by atoms with Crippen LogP contribution in [-0.2, 0) is 16.1 Å². The number of aromatic nitrogens is 5. The Balaban J connectivity index is 0.842. The molecule has 54 heavy (non-hydrogen) atoms. The predicted octanol–water partition coefficient (Wildman–Crippen LogP) is 6.80. The van der Waals surface area contributed by atoms with E-state index in [9.17, 15) is 19.2 Å². The van der Waals surface area contributed by atoms with Gasteiger partial charge in [-0.15, -0.1) is 0 Å². The fourth-order valence-corrected chi connectivity index (χ4v) is 6.98. The number of alkyl carbamates (subject to hydrolysis) is 1. The van der Waals surface area contributed by atoms with Crippen LogP contribution < -0.4 is 20.9 Å². The lowest BCUT2D eigenvalue weighted by Crippen LogP contribution is -2.49. The molecule has 3 aromatic heterocycles. The zero-order valence-corrected chi connectivity index (χ0v) is 31.0. The molecule has 1 saturated heterocycles. The molecular formula is C40H49N9O5. The van der Waals surface area contributed by atoms with E-state index in [0.29, 0.717) is 30.0 Å². The number of rotatable bonds is 15. The number of H-pyrrole nitrogens is 1. The number of ether oxygens (including phenoxy) is 1. The van der Waals surface area contributed by atoms with Crippen LogP contribution in [-0.4, -0.2) is 67.6 Å². The van der Waals surface area contributed by atoms with Crippen LogP contribution in [0.3, 0.4) is 0 Å². The second-order valence-corrected chi connectivity index (χ2v) is 14.3. The number of fused-ring (bicyclic) bond motifs is 1. The molecule has 4 N–H and O–H groups in total. The summed E-state index contributed by atoms with van der Waals surface area (Å²) in [7, 11) is 0. The number of hydrogen-bond acceptors (Lipinski definition) is 8. The molecule has 6 rings (SSSR count). The van der Waals surface area contributed by atoms with E-state index in [0.717, 1.165) is 86.4 Å². The van der Waals surface area contributed by atoms with Gasteiger partial charge in [-0.3, -0.25) is 34.6 Å².